The first-order chi connectivity index (χ1) is 8.44. The van der Waals surface area contributed by atoms with Gasteiger partial charge in [-0.2, -0.15) is 0 Å². The van der Waals surface area contributed by atoms with Crippen molar-refractivity contribution in [3.05, 3.63) is 5.82 Å². The summed E-state index contributed by atoms with van der Waals surface area (Å²) in [5.74, 6) is 1.13. The van der Waals surface area contributed by atoms with Gasteiger partial charge in [-0.3, -0.25) is 4.79 Å². The van der Waals surface area contributed by atoms with Crippen LogP contribution in [0.15, 0.2) is 5.16 Å². The van der Waals surface area contributed by atoms with E-state index in [1.54, 1.807) is 14.0 Å². The summed E-state index contributed by atoms with van der Waals surface area (Å²) in [5.41, 5.74) is -0.722. The Bertz CT molecular complexity index is 421. The molecule has 1 unspecified atom stereocenters. The molecule has 0 amide bonds. The van der Waals surface area contributed by atoms with Crippen molar-refractivity contribution in [3.8, 4) is 0 Å². The molecule has 7 heteroatoms. The van der Waals surface area contributed by atoms with E-state index in [-0.39, 0.29) is 5.97 Å². The third-order valence-electron chi connectivity index (χ3n) is 2.82. The van der Waals surface area contributed by atoms with Crippen LogP contribution < -0.4 is 5.32 Å². The Morgan fingerprint density at radius 1 is 1.56 bits per heavy atom. The molecule has 0 aromatic carbocycles. The topological polar surface area (TPSA) is 69.0 Å². The smallest absolute Gasteiger partial charge is 0.326 e. The average Bonchev–Trinajstić information content (AvgIpc) is 2.67. The van der Waals surface area contributed by atoms with Crippen LogP contribution in [-0.4, -0.2) is 45.7 Å². The van der Waals surface area contributed by atoms with E-state index in [2.05, 4.69) is 15.5 Å². The van der Waals surface area contributed by atoms with Crippen LogP contribution in [0.1, 0.15) is 19.7 Å². The molecule has 0 aliphatic heterocycles. The minimum atomic E-state index is -0.722. The number of thioether (sulfide) groups is 1. The summed E-state index contributed by atoms with van der Waals surface area (Å²) < 4.78 is 6.96. The lowest BCUT2D eigenvalue weighted by Crippen LogP contribution is -2.50. The molecule has 0 saturated carbocycles. The van der Waals surface area contributed by atoms with Crippen molar-refractivity contribution in [2.75, 3.05) is 19.4 Å². The number of nitrogens with zero attached hydrogens (tertiary/aromatic N) is 3. The highest BCUT2D eigenvalue weighted by Gasteiger charge is 2.33. The van der Waals surface area contributed by atoms with E-state index in [0.717, 1.165) is 11.0 Å². The predicted octanol–water partition coefficient (Wildman–Crippen LogP) is 0.757. The number of rotatable bonds is 6. The van der Waals surface area contributed by atoms with E-state index in [0.29, 0.717) is 12.4 Å². The second kappa shape index (κ2) is 6.19. The van der Waals surface area contributed by atoms with Crippen LogP contribution in [0.2, 0.25) is 0 Å². The lowest BCUT2D eigenvalue weighted by atomic mass is 10.1. The molecule has 1 N–H and O–H groups in total. The van der Waals surface area contributed by atoms with E-state index < -0.39 is 5.54 Å². The van der Waals surface area contributed by atoms with Crippen molar-refractivity contribution in [3.63, 3.8) is 0 Å². The summed E-state index contributed by atoms with van der Waals surface area (Å²) >= 11 is 1.48. The van der Waals surface area contributed by atoms with E-state index in [9.17, 15) is 4.79 Å². The fourth-order valence-corrected chi connectivity index (χ4v) is 2.35. The zero-order valence-corrected chi connectivity index (χ0v) is 12.3. The number of aromatic nitrogens is 3. The molecule has 6 nitrogen and oxygen atoms in total. The van der Waals surface area contributed by atoms with Gasteiger partial charge < -0.3 is 14.6 Å². The van der Waals surface area contributed by atoms with Gasteiger partial charge in [-0.05, 0) is 27.8 Å². The number of hydrogen-bond donors (Lipinski definition) is 1. The number of esters is 1. The molecule has 0 saturated heterocycles. The third-order valence-corrected chi connectivity index (χ3v) is 4.16. The zero-order chi connectivity index (χ0) is 13.8. The first-order valence-electron chi connectivity index (χ1n) is 5.79. The van der Waals surface area contributed by atoms with Crippen molar-refractivity contribution in [2.24, 2.45) is 7.05 Å². The molecular formula is C11H20N4O2S. The van der Waals surface area contributed by atoms with Crippen LogP contribution in [0.4, 0.5) is 0 Å². The number of ether oxygens (including phenoxy) is 1. The molecule has 1 heterocycles. The first-order valence-corrected chi connectivity index (χ1v) is 6.78. The van der Waals surface area contributed by atoms with Gasteiger partial charge in [0.05, 0.1) is 6.61 Å². The Kier molecular flexibility index (Phi) is 5.15. The highest BCUT2D eigenvalue weighted by Crippen LogP contribution is 2.21. The fraction of sp³-hybridized carbons (Fsp3) is 0.727. The molecule has 1 atom stereocenters. The van der Waals surface area contributed by atoms with Gasteiger partial charge in [0, 0.05) is 12.8 Å². The molecule has 0 bridgehead atoms. The SMILES string of the molecule is CCOC(=O)C(C)(CSc1nnc(C)n1C)NC. The van der Waals surface area contributed by atoms with Crippen molar-refractivity contribution < 1.29 is 9.53 Å². The van der Waals surface area contributed by atoms with Gasteiger partial charge in [0.25, 0.3) is 0 Å². The summed E-state index contributed by atoms with van der Waals surface area (Å²) in [6.07, 6.45) is 0. The largest absolute Gasteiger partial charge is 0.465 e. The average molecular weight is 272 g/mol. The Hall–Kier alpha value is -1.08. The van der Waals surface area contributed by atoms with Gasteiger partial charge in [-0.15, -0.1) is 10.2 Å². The molecular weight excluding hydrogens is 252 g/mol. The second-order valence-corrected chi connectivity index (χ2v) is 5.12. The van der Waals surface area contributed by atoms with E-state index in [4.69, 9.17) is 4.74 Å². The number of carbonyl (C=O) groups excluding carboxylic acids is 1. The Morgan fingerprint density at radius 2 is 2.22 bits per heavy atom. The summed E-state index contributed by atoms with van der Waals surface area (Å²) in [7, 11) is 3.65. The quantitative estimate of drug-likeness (QED) is 0.609. The molecule has 1 aromatic heterocycles. The van der Waals surface area contributed by atoms with Crippen molar-refractivity contribution in [2.45, 2.75) is 31.5 Å². The molecule has 0 spiro atoms. The second-order valence-electron chi connectivity index (χ2n) is 4.18. The van der Waals surface area contributed by atoms with E-state index in [1.807, 2.05) is 25.5 Å². The third kappa shape index (κ3) is 3.23. The number of nitrogens with one attached hydrogen (secondary N) is 1. The van der Waals surface area contributed by atoms with Crippen molar-refractivity contribution in [1.29, 1.82) is 0 Å². The lowest BCUT2D eigenvalue weighted by Gasteiger charge is -2.25. The molecule has 0 aliphatic carbocycles. The Balaban J connectivity index is 2.69. The lowest BCUT2D eigenvalue weighted by molar-refractivity contribution is -0.149. The summed E-state index contributed by atoms with van der Waals surface area (Å²) in [6, 6.07) is 0. The Labute approximate surface area is 111 Å². The van der Waals surface area contributed by atoms with Crippen LogP contribution in [-0.2, 0) is 16.6 Å². The first kappa shape index (κ1) is 15.0. The van der Waals surface area contributed by atoms with Crippen LogP contribution >= 0.6 is 11.8 Å². The zero-order valence-electron chi connectivity index (χ0n) is 11.5. The number of hydrogen-bond acceptors (Lipinski definition) is 6. The van der Waals surface area contributed by atoms with Crippen molar-refractivity contribution in [1.82, 2.24) is 20.1 Å². The maximum absolute atomic E-state index is 11.9. The summed E-state index contributed by atoms with van der Waals surface area (Å²) in [5, 5.41) is 11.8. The van der Waals surface area contributed by atoms with E-state index >= 15 is 0 Å². The highest BCUT2D eigenvalue weighted by molar-refractivity contribution is 7.99. The molecule has 18 heavy (non-hydrogen) atoms. The predicted molar refractivity (Wildman–Crippen MR) is 70.6 cm³/mol. The normalized spacial score (nSPS) is 14.3. The molecule has 1 aromatic rings. The van der Waals surface area contributed by atoms with Crippen LogP contribution in [0.5, 0.6) is 0 Å². The molecule has 102 valence electrons. The number of likely N-dealkylation sites (N-methyl/N-ethyl adjacent to an activating group) is 1. The summed E-state index contributed by atoms with van der Waals surface area (Å²) in [6.45, 7) is 5.89. The molecule has 1 rings (SSSR count). The summed E-state index contributed by atoms with van der Waals surface area (Å²) in [4.78, 5) is 11.9. The maximum Gasteiger partial charge on any atom is 0.326 e. The van der Waals surface area contributed by atoms with Gasteiger partial charge >= 0.3 is 5.97 Å². The van der Waals surface area contributed by atoms with Gasteiger partial charge in [-0.1, -0.05) is 11.8 Å². The van der Waals surface area contributed by atoms with E-state index in [1.165, 1.54) is 11.8 Å². The minimum absolute atomic E-state index is 0.251. The maximum atomic E-state index is 11.9. The molecule has 0 radical (unpaired) electrons. The molecule has 0 fully saturated rings. The van der Waals surface area contributed by atoms with Crippen LogP contribution in [0.25, 0.3) is 0 Å². The Morgan fingerprint density at radius 3 is 2.67 bits per heavy atom. The number of aryl methyl sites for hydroxylation is 1. The monoisotopic (exact) mass is 272 g/mol. The van der Waals surface area contributed by atoms with Gasteiger partial charge in [0.1, 0.15) is 11.4 Å². The highest BCUT2D eigenvalue weighted by atomic mass is 32.2. The molecule has 0 aliphatic rings. The van der Waals surface area contributed by atoms with Gasteiger partial charge in [0.2, 0.25) is 0 Å². The van der Waals surface area contributed by atoms with Gasteiger partial charge in [0.15, 0.2) is 5.16 Å². The van der Waals surface area contributed by atoms with Crippen LogP contribution in [0.3, 0.4) is 0 Å². The minimum Gasteiger partial charge on any atom is -0.465 e. The fourth-order valence-electron chi connectivity index (χ4n) is 1.25. The van der Waals surface area contributed by atoms with Crippen molar-refractivity contribution >= 4 is 17.7 Å². The standard InChI is InChI=1S/C11H20N4O2S/c1-6-17-9(16)11(3,12-4)7-18-10-14-13-8(2)15(10)5/h12H,6-7H2,1-5H3. The van der Waals surface area contributed by atoms with Gasteiger partial charge in [-0.25, -0.2) is 0 Å². The van der Waals surface area contributed by atoms with Crippen LogP contribution in [0, 0.1) is 6.92 Å². The number of carbonyl (C=O) groups is 1.